The van der Waals surface area contributed by atoms with Crippen LogP contribution in [0.5, 0.6) is 0 Å². The van der Waals surface area contributed by atoms with Crippen LogP contribution in [0.3, 0.4) is 0 Å². The zero-order valence-corrected chi connectivity index (χ0v) is 7.36. The van der Waals surface area contributed by atoms with E-state index in [4.69, 9.17) is 11.6 Å². The predicted octanol–water partition coefficient (Wildman–Crippen LogP) is 2.56. The maximum Gasteiger partial charge on any atom is 0.177 e. The molecule has 0 aliphatic rings. The van der Waals surface area contributed by atoms with Crippen molar-refractivity contribution >= 4 is 17.4 Å². The number of carbonyl (C=O) groups excluding carboxylic acids is 1. The Morgan fingerprint density at radius 3 is 2.83 bits per heavy atom. The monoisotopic (exact) mass is 186 g/mol. The van der Waals surface area contributed by atoms with Gasteiger partial charge in [-0.05, 0) is 24.6 Å². The topological polar surface area (TPSA) is 17.1 Å². The molecule has 0 N–H and O–H groups in total. The Balaban J connectivity index is 3.13. The second kappa shape index (κ2) is 3.68. The first-order valence-corrected chi connectivity index (χ1v) is 4.04. The van der Waals surface area contributed by atoms with Crippen molar-refractivity contribution in [3.05, 3.63) is 35.1 Å². The number of carbonyl (C=O) groups is 1. The number of aryl methyl sites for hydroxylation is 1. The van der Waals surface area contributed by atoms with Gasteiger partial charge in [0.25, 0.3) is 0 Å². The van der Waals surface area contributed by atoms with Crippen molar-refractivity contribution < 1.29 is 9.18 Å². The summed E-state index contributed by atoms with van der Waals surface area (Å²) in [7, 11) is 0. The van der Waals surface area contributed by atoms with Crippen LogP contribution < -0.4 is 0 Å². The van der Waals surface area contributed by atoms with E-state index >= 15 is 0 Å². The predicted molar refractivity (Wildman–Crippen MR) is 46.2 cm³/mol. The Bertz CT molecular complexity index is 309. The summed E-state index contributed by atoms with van der Waals surface area (Å²) in [5, 5.41) is 0. The minimum Gasteiger partial charge on any atom is -0.293 e. The van der Waals surface area contributed by atoms with E-state index in [0.29, 0.717) is 5.56 Å². The van der Waals surface area contributed by atoms with Gasteiger partial charge in [0.2, 0.25) is 0 Å². The van der Waals surface area contributed by atoms with Crippen molar-refractivity contribution in [1.82, 2.24) is 0 Å². The molecule has 0 spiro atoms. The normalized spacial score (nSPS) is 9.92. The molecule has 0 amide bonds. The van der Waals surface area contributed by atoms with Gasteiger partial charge in [0.05, 0.1) is 5.88 Å². The summed E-state index contributed by atoms with van der Waals surface area (Å²) in [6.45, 7) is 1.75. The second-order valence-electron chi connectivity index (χ2n) is 2.52. The summed E-state index contributed by atoms with van der Waals surface area (Å²) in [5.41, 5.74) is 1.12. The molecule has 3 heteroatoms. The molecule has 0 fully saturated rings. The maximum atomic E-state index is 12.6. The van der Waals surface area contributed by atoms with E-state index in [9.17, 15) is 9.18 Å². The first-order chi connectivity index (χ1) is 5.65. The molecule has 0 radical (unpaired) electrons. The third-order valence-electron chi connectivity index (χ3n) is 1.62. The summed E-state index contributed by atoms with van der Waals surface area (Å²) in [4.78, 5) is 11.1. The molecule has 1 aromatic rings. The van der Waals surface area contributed by atoms with Crippen LogP contribution in [-0.2, 0) is 0 Å². The van der Waals surface area contributed by atoms with Gasteiger partial charge in [0.15, 0.2) is 5.78 Å². The van der Waals surface area contributed by atoms with E-state index < -0.39 is 5.82 Å². The average Bonchev–Trinajstić information content (AvgIpc) is 2.08. The lowest BCUT2D eigenvalue weighted by Gasteiger charge is -2.01. The molecule has 12 heavy (non-hydrogen) atoms. The zero-order chi connectivity index (χ0) is 9.14. The van der Waals surface area contributed by atoms with Crippen LogP contribution in [0.1, 0.15) is 15.9 Å². The highest BCUT2D eigenvalue weighted by Gasteiger charge is 2.07. The number of ketones is 1. The minimum absolute atomic E-state index is 0.107. The molecule has 0 atom stereocenters. The quantitative estimate of drug-likeness (QED) is 0.513. The molecule has 0 aliphatic carbocycles. The van der Waals surface area contributed by atoms with Crippen molar-refractivity contribution in [3.8, 4) is 0 Å². The Morgan fingerprint density at radius 2 is 2.25 bits per heavy atom. The Morgan fingerprint density at radius 1 is 1.58 bits per heavy atom. The fourth-order valence-electron chi connectivity index (χ4n) is 0.967. The van der Waals surface area contributed by atoms with Crippen molar-refractivity contribution in [2.75, 3.05) is 5.88 Å². The molecule has 0 saturated carbocycles. The average molecular weight is 187 g/mol. The minimum atomic E-state index is -0.408. The number of hydrogen-bond acceptors (Lipinski definition) is 1. The summed E-state index contributed by atoms with van der Waals surface area (Å²) in [6.07, 6.45) is 0. The maximum absolute atomic E-state index is 12.6. The van der Waals surface area contributed by atoms with Crippen molar-refractivity contribution in [3.63, 3.8) is 0 Å². The third-order valence-corrected chi connectivity index (χ3v) is 1.86. The van der Waals surface area contributed by atoms with Crippen LogP contribution >= 0.6 is 11.6 Å². The van der Waals surface area contributed by atoms with E-state index in [1.54, 1.807) is 13.0 Å². The lowest BCUT2D eigenvalue weighted by molar-refractivity contribution is 0.102. The molecule has 0 unspecified atom stereocenters. The third kappa shape index (κ3) is 1.83. The smallest absolute Gasteiger partial charge is 0.177 e. The first-order valence-electron chi connectivity index (χ1n) is 3.50. The van der Waals surface area contributed by atoms with Gasteiger partial charge in [-0.2, -0.15) is 0 Å². The number of alkyl halides is 1. The fourth-order valence-corrected chi connectivity index (χ4v) is 1.11. The highest BCUT2D eigenvalue weighted by molar-refractivity contribution is 6.30. The standard InChI is InChI=1S/C9H8ClFO/c1-6-2-3-7(11)4-8(6)9(12)5-10/h2-4H,5H2,1H3. The number of Topliss-reactive ketones (excluding diaryl/α,β-unsaturated/α-hetero) is 1. The van der Waals surface area contributed by atoms with Gasteiger partial charge < -0.3 is 0 Å². The second-order valence-corrected chi connectivity index (χ2v) is 2.78. The van der Waals surface area contributed by atoms with Crippen LogP contribution in [0.15, 0.2) is 18.2 Å². The van der Waals surface area contributed by atoms with Crippen molar-refractivity contribution in [2.45, 2.75) is 6.92 Å². The van der Waals surface area contributed by atoms with E-state index in [1.807, 2.05) is 0 Å². The van der Waals surface area contributed by atoms with Crippen LogP contribution in [-0.4, -0.2) is 11.7 Å². The number of rotatable bonds is 2. The Labute approximate surface area is 75.2 Å². The Hall–Kier alpha value is -0.890. The highest BCUT2D eigenvalue weighted by atomic mass is 35.5. The first kappa shape index (κ1) is 9.20. The van der Waals surface area contributed by atoms with Crippen molar-refractivity contribution in [1.29, 1.82) is 0 Å². The molecule has 1 aromatic carbocycles. The molecule has 0 heterocycles. The van der Waals surface area contributed by atoms with Crippen LogP contribution in [0.25, 0.3) is 0 Å². The molecule has 64 valence electrons. The highest BCUT2D eigenvalue weighted by Crippen LogP contribution is 2.11. The van der Waals surface area contributed by atoms with Gasteiger partial charge in [-0.25, -0.2) is 4.39 Å². The lowest BCUT2D eigenvalue weighted by atomic mass is 10.1. The van der Waals surface area contributed by atoms with Gasteiger partial charge in [0, 0.05) is 5.56 Å². The summed E-state index contributed by atoms with van der Waals surface area (Å²) >= 11 is 5.34. The summed E-state index contributed by atoms with van der Waals surface area (Å²) < 4.78 is 12.6. The van der Waals surface area contributed by atoms with Gasteiger partial charge >= 0.3 is 0 Å². The van der Waals surface area contributed by atoms with E-state index in [1.165, 1.54) is 12.1 Å². The molecular weight excluding hydrogens is 179 g/mol. The SMILES string of the molecule is Cc1ccc(F)cc1C(=O)CCl. The Kier molecular flexibility index (Phi) is 2.82. The van der Waals surface area contributed by atoms with Crippen LogP contribution in [0.4, 0.5) is 4.39 Å². The summed E-state index contributed by atoms with van der Waals surface area (Å²) in [6, 6.07) is 4.09. The van der Waals surface area contributed by atoms with E-state index in [2.05, 4.69) is 0 Å². The van der Waals surface area contributed by atoms with Crippen LogP contribution in [0, 0.1) is 12.7 Å². The van der Waals surface area contributed by atoms with Gasteiger partial charge in [-0.3, -0.25) is 4.79 Å². The molecular formula is C9H8ClFO. The number of halogens is 2. The lowest BCUT2D eigenvalue weighted by Crippen LogP contribution is -2.03. The van der Waals surface area contributed by atoms with Crippen molar-refractivity contribution in [2.24, 2.45) is 0 Å². The van der Waals surface area contributed by atoms with E-state index in [-0.39, 0.29) is 11.7 Å². The van der Waals surface area contributed by atoms with Gasteiger partial charge in [0.1, 0.15) is 5.82 Å². The molecule has 0 aromatic heterocycles. The van der Waals surface area contributed by atoms with Gasteiger partial charge in [-0.1, -0.05) is 6.07 Å². The molecule has 1 nitrogen and oxygen atoms in total. The van der Waals surface area contributed by atoms with E-state index in [0.717, 1.165) is 5.56 Å². The van der Waals surface area contributed by atoms with Gasteiger partial charge in [-0.15, -0.1) is 11.6 Å². The molecule has 0 bridgehead atoms. The fraction of sp³-hybridized carbons (Fsp3) is 0.222. The van der Waals surface area contributed by atoms with Crippen LogP contribution in [0.2, 0.25) is 0 Å². The molecule has 0 aliphatic heterocycles. The molecule has 1 rings (SSSR count). The molecule has 0 saturated heterocycles. The number of benzene rings is 1. The number of hydrogen-bond donors (Lipinski definition) is 0. The largest absolute Gasteiger partial charge is 0.293 e. The zero-order valence-electron chi connectivity index (χ0n) is 6.60. The summed E-state index contributed by atoms with van der Waals surface area (Å²) in [5.74, 6) is -0.757.